The molecule has 2 rings (SSSR count). The predicted molar refractivity (Wildman–Crippen MR) is 98.0 cm³/mol. The Morgan fingerprint density at radius 3 is 2.43 bits per heavy atom. The zero-order chi connectivity index (χ0) is 20.5. The molecule has 0 saturated heterocycles. The molecule has 2 aromatic rings. The number of carbonyl (C=O) groups is 2. The number of benzene rings is 2. The highest BCUT2D eigenvalue weighted by atomic mass is 19.3. The van der Waals surface area contributed by atoms with Crippen molar-refractivity contribution in [3.05, 3.63) is 59.7 Å². The molecule has 0 unspecified atom stereocenters. The number of nitrogens with zero attached hydrogens (tertiary/aromatic N) is 1. The van der Waals surface area contributed by atoms with E-state index in [0.717, 1.165) is 5.56 Å². The summed E-state index contributed by atoms with van der Waals surface area (Å²) in [5.74, 6) is -0.719. The Bertz CT molecular complexity index is 803. The summed E-state index contributed by atoms with van der Waals surface area (Å²) >= 11 is 0. The number of rotatable bonds is 8. The van der Waals surface area contributed by atoms with Gasteiger partial charge in [0, 0.05) is 12.1 Å². The molecule has 0 heterocycles. The number of alkyl halides is 2. The van der Waals surface area contributed by atoms with E-state index < -0.39 is 18.4 Å². The van der Waals surface area contributed by atoms with Crippen LogP contribution in [0, 0.1) is 0 Å². The van der Waals surface area contributed by atoms with E-state index in [0.29, 0.717) is 12.1 Å². The topological polar surface area (TPSA) is 79.9 Å². The van der Waals surface area contributed by atoms with Gasteiger partial charge >= 0.3 is 6.61 Å². The van der Waals surface area contributed by atoms with Crippen LogP contribution in [0.4, 0.5) is 8.78 Å². The molecular formula is C19H21F2N3O4. The molecule has 28 heavy (non-hydrogen) atoms. The summed E-state index contributed by atoms with van der Waals surface area (Å²) in [5, 5.41) is 0. The van der Waals surface area contributed by atoms with E-state index in [1.54, 1.807) is 54.4 Å². The molecule has 0 aliphatic heterocycles. The van der Waals surface area contributed by atoms with Crippen LogP contribution in [0.15, 0.2) is 48.5 Å². The van der Waals surface area contributed by atoms with Crippen LogP contribution < -0.4 is 20.3 Å². The van der Waals surface area contributed by atoms with Gasteiger partial charge < -0.3 is 9.47 Å². The van der Waals surface area contributed by atoms with Crippen LogP contribution in [-0.2, 0) is 11.3 Å². The lowest BCUT2D eigenvalue weighted by molar-refractivity contribution is -0.122. The van der Waals surface area contributed by atoms with Crippen molar-refractivity contribution >= 4 is 11.8 Å². The van der Waals surface area contributed by atoms with E-state index in [-0.39, 0.29) is 18.0 Å². The van der Waals surface area contributed by atoms with E-state index in [1.807, 2.05) is 0 Å². The third-order valence-electron chi connectivity index (χ3n) is 3.66. The molecule has 0 saturated carbocycles. The lowest BCUT2D eigenvalue weighted by Gasteiger charge is -2.18. The van der Waals surface area contributed by atoms with E-state index in [4.69, 9.17) is 4.74 Å². The molecule has 2 N–H and O–H groups in total. The fourth-order valence-corrected chi connectivity index (χ4v) is 2.44. The minimum absolute atomic E-state index is 0.00662. The quantitative estimate of drug-likeness (QED) is 0.672. The molecule has 2 aromatic carbocycles. The van der Waals surface area contributed by atoms with Gasteiger partial charge in [0.1, 0.15) is 0 Å². The molecule has 0 aromatic heterocycles. The number of ether oxygens (including phenoxy) is 2. The summed E-state index contributed by atoms with van der Waals surface area (Å²) < 4.78 is 34.2. The summed E-state index contributed by atoms with van der Waals surface area (Å²) in [4.78, 5) is 25.6. The van der Waals surface area contributed by atoms with Crippen LogP contribution in [0.25, 0.3) is 0 Å². The fraction of sp³-hybridized carbons (Fsp3) is 0.263. The number of hydrazine groups is 1. The molecule has 0 aliphatic rings. The van der Waals surface area contributed by atoms with Crippen LogP contribution in [0.2, 0.25) is 0 Å². The van der Waals surface area contributed by atoms with Gasteiger partial charge in [0.2, 0.25) is 0 Å². The second-order valence-corrected chi connectivity index (χ2v) is 5.90. The summed E-state index contributed by atoms with van der Waals surface area (Å²) in [6, 6.07) is 13.0. The van der Waals surface area contributed by atoms with Gasteiger partial charge in [-0.2, -0.15) is 8.78 Å². The number of likely N-dealkylation sites (N-methyl/N-ethyl adjacent to an activating group) is 1. The van der Waals surface area contributed by atoms with Crippen molar-refractivity contribution in [2.75, 3.05) is 20.7 Å². The highest BCUT2D eigenvalue weighted by Gasteiger charge is 2.13. The van der Waals surface area contributed by atoms with Crippen molar-refractivity contribution in [3.63, 3.8) is 0 Å². The third-order valence-corrected chi connectivity index (χ3v) is 3.66. The first-order valence-electron chi connectivity index (χ1n) is 8.33. The van der Waals surface area contributed by atoms with Crippen molar-refractivity contribution in [1.82, 2.24) is 15.8 Å². The Labute approximate surface area is 161 Å². The number of halogens is 2. The zero-order valence-electron chi connectivity index (χ0n) is 15.4. The number of amides is 2. The van der Waals surface area contributed by atoms with Gasteiger partial charge in [-0.25, -0.2) is 0 Å². The van der Waals surface area contributed by atoms with Crippen LogP contribution >= 0.6 is 0 Å². The maximum absolute atomic E-state index is 12.4. The lowest BCUT2D eigenvalue weighted by Crippen LogP contribution is -2.45. The molecule has 7 nitrogen and oxygen atoms in total. The van der Waals surface area contributed by atoms with E-state index in [1.165, 1.54) is 13.2 Å². The maximum Gasteiger partial charge on any atom is 0.387 e. The average Bonchev–Trinajstić information content (AvgIpc) is 2.67. The number of carbonyl (C=O) groups excluding carboxylic acids is 2. The molecule has 0 atom stereocenters. The first-order chi connectivity index (χ1) is 13.4. The zero-order valence-corrected chi connectivity index (χ0v) is 15.4. The minimum atomic E-state index is -2.95. The molecule has 0 spiro atoms. The molecule has 0 fully saturated rings. The van der Waals surface area contributed by atoms with Crippen LogP contribution in [0.1, 0.15) is 15.9 Å². The molecule has 0 bridgehead atoms. The molecule has 0 aliphatic carbocycles. The predicted octanol–water partition coefficient (Wildman–Crippen LogP) is 2.19. The van der Waals surface area contributed by atoms with Crippen molar-refractivity contribution in [2.45, 2.75) is 13.2 Å². The van der Waals surface area contributed by atoms with Crippen LogP contribution in [0.3, 0.4) is 0 Å². The Hall–Kier alpha value is -3.20. The smallest absolute Gasteiger partial charge is 0.387 e. The number of nitrogens with one attached hydrogen (secondary N) is 2. The normalized spacial score (nSPS) is 10.6. The molecule has 150 valence electrons. The van der Waals surface area contributed by atoms with Crippen LogP contribution in [-0.4, -0.2) is 44.0 Å². The van der Waals surface area contributed by atoms with Gasteiger partial charge in [-0.05, 0) is 36.9 Å². The summed E-state index contributed by atoms with van der Waals surface area (Å²) in [6.45, 7) is -2.59. The fourth-order valence-electron chi connectivity index (χ4n) is 2.44. The first-order valence-corrected chi connectivity index (χ1v) is 8.33. The van der Waals surface area contributed by atoms with Crippen molar-refractivity contribution in [2.24, 2.45) is 0 Å². The Kier molecular flexibility index (Phi) is 7.70. The highest BCUT2D eigenvalue weighted by molar-refractivity contribution is 5.95. The highest BCUT2D eigenvalue weighted by Crippen LogP contribution is 2.29. The lowest BCUT2D eigenvalue weighted by atomic mass is 10.2. The van der Waals surface area contributed by atoms with Crippen LogP contribution in [0.5, 0.6) is 11.5 Å². The standard InChI is InChI=1S/C19H21F2N3O4/c1-24(11-13-8-9-15(28-19(20)21)16(10-13)27-2)12-17(25)22-23-18(26)14-6-4-3-5-7-14/h3-10,19H,11-12H2,1-2H3,(H,22,25)(H,23,26). The molecule has 2 amide bonds. The average molecular weight is 393 g/mol. The first kappa shape index (κ1) is 21.1. The SMILES string of the molecule is COc1cc(CN(C)CC(=O)NNC(=O)c2ccccc2)ccc1OC(F)F. The Morgan fingerprint density at radius 1 is 1.07 bits per heavy atom. The molecule has 0 radical (unpaired) electrons. The Morgan fingerprint density at radius 2 is 1.79 bits per heavy atom. The van der Waals surface area contributed by atoms with Gasteiger partial charge in [0.15, 0.2) is 11.5 Å². The summed E-state index contributed by atoms with van der Waals surface area (Å²) in [5.41, 5.74) is 5.85. The summed E-state index contributed by atoms with van der Waals surface area (Å²) in [6.07, 6.45) is 0. The summed E-state index contributed by atoms with van der Waals surface area (Å²) in [7, 11) is 3.05. The van der Waals surface area contributed by atoms with Crippen molar-refractivity contribution in [1.29, 1.82) is 0 Å². The van der Waals surface area contributed by atoms with Gasteiger partial charge in [-0.15, -0.1) is 0 Å². The van der Waals surface area contributed by atoms with Gasteiger partial charge in [-0.3, -0.25) is 25.3 Å². The van der Waals surface area contributed by atoms with E-state index >= 15 is 0 Å². The van der Waals surface area contributed by atoms with Gasteiger partial charge in [0.25, 0.3) is 11.8 Å². The monoisotopic (exact) mass is 393 g/mol. The van der Waals surface area contributed by atoms with Gasteiger partial charge in [0.05, 0.1) is 13.7 Å². The van der Waals surface area contributed by atoms with Crippen molar-refractivity contribution < 1.29 is 27.8 Å². The minimum Gasteiger partial charge on any atom is -0.493 e. The number of hydrogen-bond acceptors (Lipinski definition) is 5. The van der Waals surface area contributed by atoms with E-state index in [2.05, 4.69) is 15.6 Å². The molecular weight excluding hydrogens is 372 g/mol. The van der Waals surface area contributed by atoms with E-state index in [9.17, 15) is 18.4 Å². The third kappa shape index (κ3) is 6.51. The van der Waals surface area contributed by atoms with Crippen molar-refractivity contribution in [3.8, 4) is 11.5 Å². The largest absolute Gasteiger partial charge is 0.493 e. The second-order valence-electron chi connectivity index (χ2n) is 5.90. The Balaban J connectivity index is 1.85. The maximum atomic E-state index is 12.4. The number of methoxy groups -OCH3 is 1. The second kappa shape index (κ2) is 10.2. The number of hydrogen-bond donors (Lipinski definition) is 2. The molecule has 9 heteroatoms. The van der Waals surface area contributed by atoms with Gasteiger partial charge in [-0.1, -0.05) is 24.3 Å².